The first kappa shape index (κ1) is 11.0. The Labute approximate surface area is 97.9 Å². The van der Waals surface area contributed by atoms with Crippen LogP contribution in [0.5, 0.6) is 0 Å². The molecule has 3 heteroatoms. The summed E-state index contributed by atoms with van der Waals surface area (Å²) in [6.07, 6.45) is 7.82. The lowest BCUT2D eigenvalue weighted by Gasteiger charge is -2.55. The predicted molar refractivity (Wildman–Crippen MR) is 62.5 cm³/mol. The molecule has 0 atom stereocenters. The Morgan fingerprint density at radius 3 is 2.56 bits per heavy atom. The molecular formula is C13H23NO2. The van der Waals surface area contributed by atoms with Gasteiger partial charge in [0.25, 0.3) is 0 Å². The third-order valence-corrected chi connectivity index (χ3v) is 4.44. The zero-order chi connectivity index (χ0) is 11.1. The molecule has 0 amide bonds. The average Bonchev–Trinajstić information content (AvgIpc) is 2.65. The minimum atomic E-state index is 0.114. The second kappa shape index (κ2) is 3.97. The van der Waals surface area contributed by atoms with Gasteiger partial charge in [-0.15, -0.1) is 0 Å². The highest BCUT2D eigenvalue weighted by molar-refractivity contribution is 5.06. The van der Waals surface area contributed by atoms with E-state index in [1.807, 2.05) is 0 Å². The van der Waals surface area contributed by atoms with E-state index in [1.165, 1.54) is 25.7 Å². The fourth-order valence-electron chi connectivity index (χ4n) is 3.70. The van der Waals surface area contributed by atoms with E-state index in [4.69, 9.17) is 9.47 Å². The summed E-state index contributed by atoms with van der Waals surface area (Å²) in [5, 5.41) is 3.59. The van der Waals surface area contributed by atoms with Gasteiger partial charge in [0.1, 0.15) is 0 Å². The Kier molecular flexibility index (Phi) is 2.73. The highest BCUT2D eigenvalue weighted by Gasteiger charge is 2.53. The van der Waals surface area contributed by atoms with Gasteiger partial charge in [0.05, 0.1) is 17.3 Å². The lowest BCUT2D eigenvalue weighted by atomic mass is 9.75. The summed E-state index contributed by atoms with van der Waals surface area (Å²) < 4.78 is 12.1. The maximum atomic E-state index is 6.49. The zero-order valence-electron chi connectivity index (χ0n) is 10.3. The molecule has 0 aromatic rings. The van der Waals surface area contributed by atoms with Crippen LogP contribution in [-0.2, 0) is 9.47 Å². The van der Waals surface area contributed by atoms with Crippen molar-refractivity contribution in [1.82, 2.24) is 5.32 Å². The Hall–Kier alpha value is -0.120. The van der Waals surface area contributed by atoms with Crippen molar-refractivity contribution in [2.45, 2.75) is 62.8 Å². The normalized spacial score (nSPS) is 41.4. The van der Waals surface area contributed by atoms with Crippen LogP contribution in [0.1, 0.15) is 45.4 Å². The monoisotopic (exact) mass is 225 g/mol. The maximum absolute atomic E-state index is 6.49. The minimum Gasteiger partial charge on any atom is -0.378 e. The molecule has 3 nitrogen and oxygen atoms in total. The van der Waals surface area contributed by atoms with Crippen LogP contribution in [0.25, 0.3) is 0 Å². The first-order valence-corrected chi connectivity index (χ1v) is 6.78. The smallest absolute Gasteiger partial charge is 0.0863 e. The topological polar surface area (TPSA) is 30.5 Å². The first-order valence-electron chi connectivity index (χ1n) is 6.78. The van der Waals surface area contributed by atoms with Crippen molar-refractivity contribution < 1.29 is 9.47 Å². The summed E-state index contributed by atoms with van der Waals surface area (Å²) in [6, 6.07) is 0. The third kappa shape index (κ3) is 1.79. The molecule has 0 radical (unpaired) electrons. The number of hydrogen-bond donors (Lipinski definition) is 1. The highest BCUT2D eigenvalue weighted by Crippen LogP contribution is 2.46. The Morgan fingerprint density at radius 1 is 1.19 bits per heavy atom. The SMILES string of the molecule is CCOC1CC2(CNCC3(CCCC3)O2)C1. The zero-order valence-corrected chi connectivity index (χ0v) is 10.3. The van der Waals surface area contributed by atoms with E-state index in [0.29, 0.717) is 6.10 Å². The molecule has 1 saturated heterocycles. The van der Waals surface area contributed by atoms with Crippen molar-refractivity contribution in [1.29, 1.82) is 0 Å². The predicted octanol–water partition coefficient (Wildman–Crippen LogP) is 1.86. The van der Waals surface area contributed by atoms with Crippen molar-refractivity contribution in [3.05, 3.63) is 0 Å². The summed E-state index contributed by atoms with van der Waals surface area (Å²) in [5.74, 6) is 0. The van der Waals surface area contributed by atoms with Crippen LogP contribution in [0.4, 0.5) is 0 Å². The third-order valence-electron chi connectivity index (χ3n) is 4.44. The molecular weight excluding hydrogens is 202 g/mol. The van der Waals surface area contributed by atoms with Crippen molar-refractivity contribution in [2.75, 3.05) is 19.7 Å². The van der Waals surface area contributed by atoms with Gasteiger partial charge in [-0.1, -0.05) is 12.8 Å². The van der Waals surface area contributed by atoms with Gasteiger partial charge in [-0.3, -0.25) is 0 Å². The molecule has 2 aliphatic carbocycles. The van der Waals surface area contributed by atoms with Gasteiger partial charge < -0.3 is 14.8 Å². The second-order valence-corrected chi connectivity index (χ2v) is 5.76. The number of morpholine rings is 1. The molecule has 0 aromatic carbocycles. The molecule has 3 aliphatic rings. The molecule has 0 aromatic heterocycles. The van der Waals surface area contributed by atoms with E-state index in [-0.39, 0.29) is 11.2 Å². The average molecular weight is 225 g/mol. The van der Waals surface area contributed by atoms with Crippen LogP contribution in [-0.4, -0.2) is 37.0 Å². The molecule has 92 valence electrons. The summed E-state index contributed by atoms with van der Waals surface area (Å²) in [5.41, 5.74) is 0.290. The van der Waals surface area contributed by atoms with Crippen LogP contribution >= 0.6 is 0 Å². The Morgan fingerprint density at radius 2 is 1.88 bits per heavy atom. The van der Waals surface area contributed by atoms with E-state index in [0.717, 1.165) is 32.5 Å². The van der Waals surface area contributed by atoms with E-state index < -0.39 is 0 Å². The Balaban J connectivity index is 1.61. The van der Waals surface area contributed by atoms with Crippen molar-refractivity contribution in [3.63, 3.8) is 0 Å². The van der Waals surface area contributed by atoms with Crippen LogP contribution in [0.15, 0.2) is 0 Å². The van der Waals surface area contributed by atoms with Gasteiger partial charge in [0, 0.05) is 32.5 Å². The fourth-order valence-corrected chi connectivity index (χ4v) is 3.70. The number of hydrogen-bond acceptors (Lipinski definition) is 3. The van der Waals surface area contributed by atoms with Crippen molar-refractivity contribution in [2.24, 2.45) is 0 Å². The fraction of sp³-hybridized carbons (Fsp3) is 1.00. The van der Waals surface area contributed by atoms with Crippen molar-refractivity contribution in [3.8, 4) is 0 Å². The number of nitrogens with one attached hydrogen (secondary N) is 1. The summed E-state index contributed by atoms with van der Waals surface area (Å²) in [4.78, 5) is 0. The molecule has 2 spiro atoms. The molecule has 0 unspecified atom stereocenters. The Bertz CT molecular complexity index is 255. The van der Waals surface area contributed by atoms with E-state index >= 15 is 0 Å². The summed E-state index contributed by atoms with van der Waals surface area (Å²) in [6.45, 7) is 5.00. The van der Waals surface area contributed by atoms with E-state index in [2.05, 4.69) is 12.2 Å². The molecule has 3 fully saturated rings. The molecule has 0 bridgehead atoms. The van der Waals surface area contributed by atoms with E-state index in [1.54, 1.807) is 0 Å². The standard InChI is InChI=1S/C13H23NO2/c1-2-15-11-7-13(8-11)10-14-9-12(16-13)5-3-4-6-12/h11,14H,2-10H2,1H3. The van der Waals surface area contributed by atoms with Gasteiger partial charge in [-0.25, -0.2) is 0 Å². The summed E-state index contributed by atoms with van der Waals surface area (Å²) in [7, 11) is 0. The molecule has 1 aliphatic heterocycles. The molecule has 2 saturated carbocycles. The minimum absolute atomic E-state index is 0.114. The van der Waals surface area contributed by atoms with Gasteiger partial charge >= 0.3 is 0 Å². The van der Waals surface area contributed by atoms with Gasteiger partial charge in [-0.2, -0.15) is 0 Å². The summed E-state index contributed by atoms with van der Waals surface area (Å²) >= 11 is 0. The van der Waals surface area contributed by atoms with Crippen LogP contribution in [0, 0.1) is 0 Å². The number of rotatable bonds is 2. The highest BCUT2D eigenvalue weighted by atomic mass is 16.5. The van der Waals surface area contributed by atoms with Gasteiger partial charge in [0.15, 0.2) is 0 Å². The lowest BCUT2D eigenvalue weighted by molar-refractivity contribution is -0.242. The van der Waals surface area contributed by atoms with Crippen LogP contribution in [0.2, 0.25) is 0 Å². The van der Waals surface area contributed by atoms with E-state index in [9.17, 15) is 0 Å². The lowest BCUT2D eigenvalue weighted by Crippen LogP contribution is -2.66. The molecule has 1 N–H and O–H groups in total. The quantitative estimate of drug-likeness (QED) is 0.778. The number of ether oxygens (including phenoxy) is 2. The van der Waals surface area contributed by atoms with Crippen LogP contribution < -0.4 is 5.32 Å². The van der Waals surface area contributed by atoms with Crippen molar-refractivity contribution >= 4 is 0 Å². The second-order valence-electron chi connectivity index (χ2n) is 5.76. The first-order chi connectivity index (χ1) is 7.76. The van der Waals surface area contributed by atoms with Gasteiger partial charge in [0.2, 0.25) is 0 Å². The molecule has 16 heavy (non-hydrogen) atoms. The molecule has 3 rings (SSSR count). The van der Waals surface area contributed by atoms with Crippen LogP contribution in [0.3, 0.4) is 0 Å². The maximum Gasteiger partial charge on any atom is 0.0863 e. The van der Waals surface area contributed by atoms with Gasteiger partial charge in [-0.05, 0) is 19.8 Å². The largest absolute Gasteiger partial charge is 0.378 e. The molecule has 1 heterocycles.